The number of nitrogens with two attached hydrogens (primary N) is 2. The van der Waals surface area contributed by atoms with Gasteiger partial charge in [-0.3, -0.25) is 9.59 Å². The van der Waals surface area contributed by atoms with Crippen LogP contribution in [-0.4, -0.2) is 42.5 Å². The number of benzene rings is 1. The highest BCUT2D eigenvalue weighted by Gasteiger charge is 2.40. The fraction of sp³-hybridized carbons (Fsp3) is 0.300. The molecule has 4 N–H and O–H groups in total. The van der Waals surface area contributed by atoms with Crippen LogP contribution in [0.25, 0.3) is 10.4 Å². The SMILES string of the molecule is CN1CC[C@@](N)(C#Cc2cc3c(cc2F)OCCc2cc(C(N)=O)sc2-3)C1=O. The number of likely N-dealkylation sites (tertiary alicyclic amines) is 1. The molecular weight excluding hydrogens is 381 g/mol. The van der Waals surface area contributed by atoms with Crippen molar-refractivity contribution in [2.75, 3.05) is 20.2 Å². The molecule has 1 aromatic carbocycles. The average molecular weight is 399 g/mol. The molecule has 8 heteroatoms. The van der Waals surface area contributed by atoms with Crippen LogP contribution in [0.2, 0.25) is 0 Å². The van der Waals surface area contributed by atoms with E-state index in [4.69, 9.17) is 16.2 Å². The second-order valence-corrected chi connectivity index (χ2v) is 8.01. The van der Waals surface area contributed by atoms with Crippen LogP contribution >= 0.6 is 11.3 Å². The first-order valence-corrected chi connectivity index (χ1v) is 9.57. The average Bonchev–Trinajstić information content (AvgIpc) is 3.14. The molecule has 6 nitrogen and oxygen atoms in total. The fourth-order valence-corrected chi connectivity index (χ4v) is 4.45. The highest BCUT2D eigenvalue weighted by molar-refractivity contribution is 7.17. The molecule has 1 saturated heterocycles. The van der Waals surface area contributed by atoms with E-state index in [2.05, 4.69) is 11.8 Å². The molecule has 144 valence electrons. The highest BCUT2D eigenvalue weighted by Crippen LogP contribution is 2.41. The summed E-state index contributed by atoms with van der Waals surface area (Å²) < 4.78 is 20.3. The summed E-state index contributed by atoms with van der Waals surface area (Å²) in [6, 6.07) is 4.61. The van der Waals surface area contributed by atoms with Gasteiger partial charge < -0.3 is 21.1 Å². The van der Waals surface area contributed by atoms with E-state index in [1.807, 2.05) is 0 Å². The molecule has 2 aliphatic heterocycles. The zero-order chi connectivity index (χ0) is 20.1. The van der Waals surface area contributed by atoms with Gasteiger partial charge in [-0.25, -0.2) is 4.39 Å². The minimum atomic E-state index is -1.31. The number of carbonyl (C=O) groups excluding carboxylic acids is 2. The number of amides is 2. The Morgan fingerprint density at radius 1 is 1.39 bits per heavy atom. The molecule has 1 atom stereocenters. The highest BCUT2D eigenvalue weighted by atomic mass is 32.1. The number of rotatable bonds is 1. The summed E-state index contributed by atoms with van der Waals surface area (Å²) in [5, 5.41) is 0. The first-order valence-electron chi connectivity index (χ1n) is 8.75. The molecule has 2 aromatic rings. The lowest BCUT2D eigenvalue weighted by molar-refractivity contribution is -0.129. The van der Waals surface area contributed by atoms with Crippen LogP contribution in [0.3, 0.4) is 0 Å². The number of halogens is 1. The summed E-state index contributed by atoms with van der Waals surface area (Å²) in [5.41, 5.74) is 11.9. The Hall–Kier alpha value is -2.89. The molecule has 2 aliphatic rings. The van der Waals surface area contributed by atoms with E-state index in [9.17, 15) is 14.0 Å². The van der Waals surface area contributed by atoms with Gasteiger partial charge in [-0.2, -0.15) is 0 Å². The van der Waals surface area contributed by atoms with Gasteiger partial charge in [0.2, 0.25) is 0 Å². The Kier molecular flexibility index (Phi) is 4.37. The fourth-order valence-electron chi connectivity index (χ4n) is 3.37. The minimum absolute atomic E-state index is 0.122. The molecule has 2 amide bonds. The smallest absolute Gasteiger partial charge is 0.258 e. The Bertz CT molecular complexity index is 1070. The van der Waals surface area contributed by atoms with Crippen LogP contribution < -0.4 is 16.2 Å². The number of fused-ring (bicyclic) bond motifs is 3. The van der Waals surface area contributed by atoms with E-state index in [1.165, 1.54) is 22.3 Å². The Morgan fingerprint density at radius 2 is 2.18 bits per heavy atom. The van der Waals surface area contributed by atoms with Crippen molar-refractivity contribution in [3.8, 4) is 28.0 Å². The number of carbonyl (C=O) groups is 2. The molecule has 0 unspecified atom stereocenters. The van der Waals surface area contributed by atoms with Gasteiger partial charge in [0.15, 0.2) is 5.54 Å². The lowest BCUT2D eigenvalue weighted by Crippen LogP contribution is -2.45. The van der Waals surface area contributed by atoms with Gasteiger partial charge in [-0.1, -0.05) is 11.8 Å². The van der Waals surface area contributed by atoms with Crippen molar-refractivity contribution in [2.24, 2.45) is 11.5 Å². The number of hydrogen-bond acceptors (Lipinski definition) is 5. The summed E-state index contributed by atoms with van der Waals surface area (Å²) in [4.78, 5) is 26.5. The topological polar surface area (TPSA) is 98.6 Å². The second kappa shape index (κ2) is 6.62. The van der Waals surface area contributed by atoms with Crippen molar-refractivity contribution in [1.29, 1.82) is 0 Å². The van der Waals surface area contributed by atoms with Crippen LogP contribution in [0, 0.1) is 17.7 Å². The summed E-state index contributed by atoms with van der Waals surface area (Å²) in [7, 11) is 1.66. The van der Waals surface area contributed by atoms with Crippen molar-refractivity contribution in [3.63, 3.8) is 0 Å². The van der Waals surface area contributed by atoms with Gasteiger partial charge in [0.1, 0.15) is 11.6 Å². The zero-order valence-electron chi connectivity index (χ0n) is 15.2. The van der Waals surface area contributed by atoms with Gasteiger partial charge in [0, 0.05) is 42.9 Å². The maximum absolute atomic E-state index is 14.6. The van der Waals surface area contributed by atoms with Gasteiger partial charge in [0.25, 0.3) is 11.8 Å². The Morgan fingerprint density at radius 3 is 2.86 bits per heavy atom. The number of nitrogens with zero attached hydrogens (tertiary/aromatic N) is 1. The van der Waals surface area contributed by atoms with Crippen LogP contribution in [-0.2, 0) is 11.2 Å². The lowest BCUT2D eigenvalue weighted by Gasteiger charge is -2.14. The van der Waals surface area contributed by atoms with Crippen molar-refractivity contribution >= 4 is 23.2 Å². The maximum Gasteiger partial charge on any atom is 0.258 e. The largest absolute Gasteiger partial charge is 0.492 e. The summed E-state index contributed by atoms with van der Waals surface area (Å²) in [6.07, 6.45) is 0.977. The molecule has 0 spiro atoms. The number of ether oxygens (including phenoxy) is 1. The van der Waals surface area contributed by atoms with E-state index in [0.717, 1.165) is 10.4 Å². The standard InChI is InChI=1S/C20H18FN3O3S/c1-24-6-5-20(23,19(24)26)4-2-11-8-13-15(10-14(11)21)27-7-3-12-9-16(18(22)25)28-17(12)13/h8-10H,3,5-7,23H2,1H3,(H2,22,25)/t20-/m0/s1. The van der Waals surface area contributed by atoms with Crippen LogP contribution in [0.5, 0.6) is 5.75 Å². The third kappa shape index (κ3) is 3.03. The van der Waals surface area contributed by atoms with Crippen LogP contribution in [0.4, 0.5) is 4.39 Å². The van der Waals surface area contributed by atoms with E-state index in [-0.39, 0.29) is 11.5 Å². The molecular formula is C20H18FN3O3S. The zero-order valence-corrected chi connectivity index (χ0v) is 16.0. The van der Waals surface area contributed by atoms with Crippen molar-refractivity contribution < 1.29 is 18.7 Å². The lowest BCUT2D eigenvalue weighted by atomic mass is 9.98. The number of primary amides is 1. The van der Waals surface area contributed by atoms with Crippen molar-refractivity contribution in [3.05, 3.63) is 40.0 Å². The Labute approximate surface area is 165 Å². The minimum Gasteiger partial charge on any atom is -0.492 e. The quantitative estimate of drug-likeness (QED) is 0.710. The van der Waals surface area contributed by atoms with E-state index in [1.54, 1.807) is 19.2 Å². The first kappa shape index (κ1) is 18.5. The van der Waals surface area contributed by atoms with Gasteiger partial charge in [0.05, 0.1) is 17.0 Å². The summed E-state index contributed by atoms with van der Waals surface area (Å²) in [6.45, 7) is 0.880. The Balaban J connectivity index is 1.79. The maximum atomic E-state index is 14.6. The molecule has 28 heavy (non-hydrogen) atoms. The molecule has 4 rings (SSSR count). The number of thiophene rings is 1. The van der Waals surface area contributed by atoms with Gasteiger partial charge >= 0.3 is 0 Å². The number of likely N-dealkylation sites (N-methyl/N-ethyl adjacent to an activating group) is 1. The molecule has 0 aliphatic carbocycles. The second-order valence-electron chi connectivity index (χ2n) is 6.95. The van der Waals surface area contributed by atoms with Crippen LogP contribution in [0.1, 0.15) is 27.2 Å². The predicted molar refractivity (Wildman–Crippen MR) is 103 cm³/mol. The van der Waals surface area contributed by atoms with Gasteiger partial charge in [-0.05, 0) is 17.7 Å². The van der Waals surface area contributed by atoms with E-state index in [0.29, 0.717) is 42.2 Å². The first-order chi connectivity index (χ1) is 13.3. The van der Waals surface area contributed by atoms with Crippen molar-refractivity contribution in [2.45, 2.75) is 18.4 Å². The molecule has 3 heterocycles. The van der Waals surface area contributed by atoms with Crippen LogP contribution in [0.15, 0.2) is 18.2 Å². The van der Waals surface area contributed by atoms with E-state index >= 15 is 0 Å². The third-order valence-corrected chi connectivity index (χ3v) is 6.21. The number of hydrogen-bond donors (Lipinski definition) is 2. The summed E-state index contributed by atoms with van der Waals surface area (Å²) >= 11 is 1.25. The third-order valence-electron chi connectivity index (χ3n) is 4.98. The molecule has 0 radical (unpaired) electrons. The molecule has 0 saturated carbocycles. The van der Waals surface area contributed by atoms with Crippen molar-refractivity contribution in [1.82, 2.24) is 4.90 Å². The molecule has 0 bridgehead atoms. The predicted octanol–water partition coefficient (Wildman–Crippen LogP) is 1.50. The van der Waals surface area contributed by atoms with E-state index < -0.39 is 17.3 Å². The van der Waals surface area contributed by atoms with Gasteiger partial charge in [-0.15, -0.1) is 11.3 Å². The summed E-state index contributed by atoms with van der Waals surface area (Å²) in [5.74, 6) is 4.55. The molecule has 1 fully saturated rings. The monoisotopic (exact) mass is 399 g/mol. The normalized spacial score (nSPS) is 20.5. The molecule has 1 aromatic heterocycles.